The summed E-state index contributed by atoms with van der Waals surface area (Å²) in [5, 5.41) is 2.27. The summed E-state index contributed by atoms with van der Waals surface area (Å²) in [5.41, 5.74) is 2.26. The number of benzene rings is 2. The number of carbonyl (C=O) groups excluding carboxylic acids is 3. The third-order valence-electron chi connectivity index (χ3n) is 4.12. The van der Waals surface area contributed by atoms with Crippen LogP contribution in [0.4, 0.5) is 10.5 Å². The van der Waals surface area contributed by atoms with E-state index in [1.165, 1.54) is 0 Å². The maximum atomic E-state index is 12.7. The topological polar surface area (TPSA) is 75.7 Å². The molecule has 1 aliphatic rings. The summed E-state index contributed by atoms with van der Waals surface area (Å²) in [7, 11) is 1.56. The molecule has 1 aliphatic heterocycles. The Kier molecular flexibility index (Phi) is 7.22. The van der Waals surface area contributed by atoms with Gasteiger partial charge >= 0.3 is 0 Å². The number of ether oxygens (including phenoxy) is 1. The number of para-hydroxylation sites is 1. The van der Waals surface area contributed by atoms with Gasteiger partial charge in [0.15, 0.2) is 0 Å². The fraction of sp³-hybridized carbons (Fsp3) is 0.150. The van der Waals surface area contributed by atoms with Crippen molar-refractivity contribution in [1.29, 1.82) is 0 Å². The number of rotatable bonds is 5. The molecule has 2 aromatic carbocycles. The summed E-state index contributed by atoms with van der Waals surface area (Å²) < 4.78 is 7.32. The predicted octanol–water partition coefficient (Wildman–Crippen LogP) is 4.89. The number of halogens is 2. The molecule has 0 aliphatic carbocycles. The molecule has 0 aromatic heterocycles. The van der Waals surface area contributed by atoms with E-state index in [1.54, 1.807) is 19.3 Å². The average molecular weight is 634 g/mol. The lowest BCUT2D eigenvalue weighted by atomic mass is 10.2. The van der Waals surface area contributed by atoms with Gasteiger partial charge in [0.25, 0.3) is 11.1 Å². The molecule has 0 spiro atoms. The zero-order valence-electron chi connectivity index (χ0n) is 15.5. The van der Waals surface area contributed by atoms with Crippen LogP contribution in [0, 0.1) is 14.1 Å². The van der Waals surface area contributed by atoms with Crippen LogP contribution in [0.3, 0.4) is 0 Å². The van der Waals surface area contributed by atoms with E-state index in [2.05, 4.69) is 50.5 Å². The largest absolute Gasteiger partial charge is 0.495 e. The highest BCUT2D eigenvalue weighted by Gasteiger charge is 2.36. The van der Waals surface area contributed by atoms with Gasteiger partial charge < -0.3 is 10.1 Å². The number of imide groups is 1. The van der Waals surface area contributed by atoms with Gasteiger partial charge in [0.1, 0.15) is 12.3 Å². The second-order valence-electron chi connectivity index (χ2n) is 6.14. The van der Waals surface area contributed by atoms with Gasteiger partial charge in [-0.25, -0.2) is 0 Å². The van der Waals surface area contributed by atoms with Gasteiger partial charge in [-0.2, -0.15) is 0 Å². The molecule has 3 rings (SSSR count). The molecular weight excluding hydrogens is 618 g/mol. The second-order valence-corrected chi connectivity index (χ2v) is 9.54. The second kappa shape index (κ2) is 9.47. The molecule has 0 atom stereocenters. The Labute approximate surface area is 199 Å². The molecule has 0 radical (unpaired) electrons. The SMILES string of the molecule is COc1c(I)cc(I)cc1/C=C1/SC(=O)N(CC(=O)Nc2ccccc2C)C1=O. The first-order valence-electron chi connectivity index (χ1n) is 8.44. The first-order chi connectivity index (χ1) is 13.8. The number of amides is 3. The van der Waals surface area contributed by atoms with Gasteiger partial charge in [-0.1, -0.05) is 18.2 Å². The number of methoxy groups -OCH3 is 1. The molecule has 1 saturated heterocycles. The maximum Gasteiger partial charge on any atom is 0.294 e. The van der Waals surface area contributed by atoms with E-state index in [0.29, 0.717) is 17.0 Å². The van der Waals surface area contributed by atoms with Crippen LogP contribution in [0.2, 0.25) is 0 Å². The predicted molar refractivity (Wildman–Crippen MR) is 131 cm³/mol. The van der Waals surface area contributed by atoms with Gasteiger partial charge in [-0.3, -0.25) is 19.3 Å². The van der Waals surface area contributed by atoms with Crippen molar-refractivity contribution in [2.45, 2.75) is 6.92 Å². The Hall–Kier alpha value is -1.60. The van der Waals surface area contributed by atoms with Crippen molar-refractivity contribution in [2.24, 2.45) is 0 Å². The highest BCUT2D eigenvalue weighted by Crippen LogP contribution is 2.36. The average Bonchev–Trinajstić information content (AvgIpc) is 2.91. The first kappa shape index (κ1) is 22.1. The zero-order chi connectivity index (χ0) is 21.1. The molecule has 0 unspecified atom stereocenters. The van der Waals surface area contributed by atoms with Crippen LogP contribution in [-0.2, 0) is 9.59 Å². The van der Waals surface area contributed by atoms with E-state index >= 15 is 0 Å². The molecule has 1 heterocycles. The molecule has 1 fully saturated rings. The highest BCUT2D eigenvalue weighted by molar-refractivity contribution is 14.1. The van der Waals surface area contributed by atoms with Crippen LogP contribution in [0.15, 0.2) is 41.3 Å². The van der Waals surface area contributed by atoms with Crippen LogP contribution in [0.25, 0.3) is 6.08 Å². The first-order valence-corrected chi connectivity index (χ1v) is 11.4. The van der Waals surface area contributed by atoms with E-state index in [1.807, 2.05) is 37.3 Å². The molecule has 0 bridgehead atoms. The zero-order valence-corrected chi connectivity index (χ0v) is 20.6. The fourth-order valence-corrected chi connectivity index (χ4v) is 5.67. The number of thioether (sulfide) groups is 1. The third kappa shape index (κ3) is 5.12. The van der Waals surface area contributed by atoms with Crippen LogP contribution in [-0.4, -0.2) is 35.6 Å². The summed E-state index contributed by atoms with van der Waals surface area (Å²) in [5.74, 6) is -0.282. The summed E-state index contributed by atoms with van der Waals surface area (Å²) in [6.45, 7) is 1.53. The highest BCUT2D eigenvalue weighted by atomic mass is 127. The number of nitrogens with zero attached hydrogens (tertiary/aromatic N) is 1. The van der Waals surface area contributed by atoms with Crippen molar-refractivity contribution in [1.82, 2.24) is 4.90 Å². The molecular formula is C20H16I2N2O4S. The molecule has 0 saturated carbocycles. The molecule has 6 nitrogen and oxygen atoms in total. The van der Waals surface area contributed by atoms with E-state index in [4.69, 9.17) is 4.74 Å². The number of hydrogen-bond acceptors (Lipinski definition) is 5. The Morgan fingerprint density at radius 1 is 1.24 bits per heavy atom. The number of hydrogen-bond donors (Lipinski definition) is 1. The molecule has 1 N–H and O–H groups in total. The lowest BCUT2D eigenvalue weighted by Crippen LogP contribution is -2.36. The third-order valence-corrected chi connectivity index (χ3v) is 6.45. The van der Waals surface area contributed by atoms with Gasteiger partial charge in [0, 0.05) is 14.8 Å². The maximum absolute atomic E-state index is 12.7. The summed E-state index contributed by atoms with van der Waals surface area (Å²) in [6, 6.07) is 11.1. The van der Waals surface area contributed by atoms with Crippen LogP contribution >= 0.6 is 56.9 Å². The van der Waals surface area contributed by atoms with Gasteiger partial charge in [0.2, 0.25) is 5.91 Å². The smallest absolute Gasteiger partial charge is 0.294 e. The lowest BCUT2D eigenvalue weighted by molar-refractivity contribution is -0.127. The van der Waals surface area contributed by atoms with Crippen molar-refractivity contribution in [2.75, 3.05) is 19.0 Å². The minimum absolute atomic E-state index is 0.259. The van der Waals surface area contributed by atoms with Gasteiger partial charge in [-0.05, 0) is 93.7 Å². The lowest BCUT2D eigenvalue weighted by Gasteiger charge is -2.13. The number of aryl methyl sites for hydroxylation is 1. The summed E-state index contributed by atoms with van der Waals surface area (Å²) >= 11 is 5.16. The number of nitrogens with one attached hydrogen (secondary N) is 1. The van der Waals surface area contributed by atoms with Crippen LogP contribution in [0.5, 0.6) is 5.75 Å². The molecule has 150 valence electrons. The summed E-state index contributed by atoms with van der Waals surface area (Å²) in [6.07, 6.45) is 1.63. The van der Waals surface area contributed by atoms with E-state index in [-0.39, 0.29) is 11.4 Å². The van der Waals surface area contributed by atoms with Crippen LogP contribution in [0.1, 0.15) is 11.1 Å². The minimum atomic E-state index is -0.490. The molecule has 3 amide bonds. The van der Waals surface area contributed by atoms with Crippen molar-refractivity contribution < 1.29 is 19.1 Å². The molecule has 29 heavy (non-hydrogen) atoms. The van der Waals surface area contributed by atoms with E-state index in [9.17, 15) is 14.4 Å². The van der Waals surface area contributed by atoms with E-state index in [0.717, 1.165) is 29.4 Å². The standard InChI is InChI=1S/C20H16I2N2O4S/c1-11-5-3-4-6-15(11)23-17(25)10-24-19(26)16(29-20(24)27)8-12-7-13(21)9-14(22)18(12)28-2/h3-9H,10H2,1-2H3,(H,23,25)/b16-8+. The quantitative estimate of drug-likeness (QED) is 0.375. The van der Waals surface area contributed by atoms with Gasteiger partial charge in [-0.15, -0.1) is 0 Å². The molecule has 2 aromatic rings. The van der Waals surface area contributed by atoms with Crippen LogP contribution < -0.4 is 10.1 Å². The number of anilines is 1. The Morgan fingerprint density at radius 2 is 1.97 bits per heavy atom. The Morgan fingerprint density at radius 3 is 2.66 bits per heavy atom. The Bertz CT molecular complexity index is 1040. The fourth-order valence-electron chi connectivity index (χ4n) is 2.73. The van der Waals surface area contributed by atoms with Crippen molar-refractivity contribution in [3.8, 4) is 5.75 Å². The minimum Gasteiger partial charge on any atom is -0.495 e. The Balaban J connectivity index is 1.79. The van der Waals surface area contributed by atoms with Gasteiger partial charge in [0.05, 0.1) is 15.6 Å². The molecule has 9 heteroatoms. The van der Waals surface area contributed by atoms with Crippen molar-refractivity contribution in [3.05, 3.63) is 59.6 Å². The monoisotopic (exact) mass is 634 g/mol. The van der Waals surface area contributed by atoms with Crippen molar-refractivity contribution >= 4 is 85.8 Å². The number of carbonyl (C=O) groups is 3. The normalized spacial score (nSPS) is 15.2. The van der Waals surface area contributed by atoms with Crippen molar-refractivity contribution in [3.63, 3.8) is 0 Å². The van der Waals surface area contributed by atoms with E-state index < -0.39 is 17.1 Å². The summed E-state index contributed by atoms with van der Waals surface area (Å²) in [4.78, 5) is 38.6.